The summed E-state index contributed by atoms with van der Waals surface area (Å²) < 4.78 is 30.3. The monoisotopic (exact) mass is 248 g/mol. The molecule has 0 aliphatic heterocycles. The Labute approximate surface area is 94.7 Å². The van der Waals surface area contributed by atoms with Crippen LogP contribution in [0.5, 0.6) is 0 Å². The minimum atomic E-state index is -3.27. The van der Waals surface area contributed by atoms with Crippen LogP contribution in [-0.2, 0) is 16.4 Å². The lowest BCUT2D eigenvalue weighted by Gasteiger charge is -2.12. The van der Waals surface area contributed by atoms with Crippen LogP contribution in [0, 0.1) is 0 Å². The Morgan fingerprint density at radius 3 is 2.88 bits per heavy atom. The third-order valence-corrected chi connectivity index (χ3v) is 3.91. The van der Waals surface area contributed by atoms with Crippen LogP contribution >= 0.6 is 0 Å². The van der Waals surface area contributed by atoms with Crippen molar-refractivity contribution in [3.05, 3.63) is 12.2 Å². The Bertz CT molecular complexity index is 389. The average Bonchev–Trinajstić information content (AvgIpc) is 2.70. The Hall–Kier alpha value is -0.990. The van der Waals surface area contributed by atoms with Gasteiger partial charge in [0.2, 0.25) is 16.4 Å². The lowest BCUT2D eigenvalue weighted by Crippen LogP contribution is -2.38. The first-order chi connectivity index (χ1) is 7.56. The molecule has 0 radical (unpaired) electrons. The van der Waals surface area contributed by atoms with Gasteiger partial charge < -0.3 is 9.84 Å². The van der Waals surface area contributed by atoms with Gasteiger partial charge in [-0.2, -0.15) is 4.98 Å². The first-order valence-corrected chi connectivity index (χ1v) is 6.49. The molecule has 0 bridgehead atoms. The highest BCUT2D eigenvalue weighted by molar-refractivity contribution is 7.90. The largest absolute Gasteiger partial charge is 0.343 e. The van der Waals surface area contributed by atoms with E-state index in [9.17, 15) is 8.42 Å². The summed E-state index contributed by atoms with van der Waals surface area (Å²) in [7, 11) is -1.56. The summed E-state index contributed by atoms with van der Waals surface area (Å²) in [5, 5.41) is 5.93. The first-order valence-electron chi connectivity index (χ1n) is 4.94. The Kier molecular flexibility index (Phi) is 4.84. The smallest absolute Gasteiger partial charge is 0.215 e. The molecule has 0 saturated heterocycles. The standard InChI is InChI=1S/C8H16N4O3S/c1-7(5-9-2)16(13,14)11-4-3-8-10-6-15-12-8/h6-7,9,11H,3-5H2,1-2H3. The molecule has 2 N–H and O–H groups in total. The predicted molar refractivity (Wildman–Crippen MR) is 58.3 cm³/mol. The van der Waals surface area contributed by atoms with Crippen molar-refractivity contribution in [2.75, 3.05) is 20.1 Å². The Morgan fingerprint density at radius 2 is 2.31 bits per heavy atom. The summed E-state index contributed by atoms with van der Waals surface area (Å²) in [5.74, 6) is 0.490. The summed E-state index contributed by atoms with van der Waals surface area (Å²) in [6, 6.07) is 0. The third-order valence-electron chi connectivity index (χ3n) is 2.08. The third kappa shape index (κ3) is 3.87. The van der Waals surface area contributed by atoms with Gasteiger partial charge in [-0.15, -0.1) is 0 Å². The van der Waals surface area contributed by atoms with E-state index in [0.717, 1.165) is 0 Å². The average molecular weight is 248 g/mol. The molecule has 1 heterocycles. The minimum absolute atomic E-state index is 0.274. The number of rotatable bonds is 7. The normalized spacial score (nSPS) is 13.9. The van der Waals surface area contributed by atoms with Crippen molar-refractivity contribution in [3.8, 4) is 0 Å². The summed E-state index contributed by atoms with van der Waals surface area (Å²) in [4.78, 5) is 3.79. The summed E-state index contributed by atoms with van der Waals surface area (Å²) >= 11 is 0. The second-order valence-electron chi connectivity index (χ2n) is 3.41. The fourth-order valence-electron chi connectivity index (χ4n) is 1.15. The SMILES string of the molecule is CNCC(C)S(=O)(=O)NCCc1ncon1. The minimum Gasteiger partial charge on any atom is -0.343 e. The van der Waals surface area contributed by atoms with Gasteiger partial charge in [-0.1, -0.05) is 5.16 Å². The Morgan fingerprint density at radius 1 is 1.56 bits per heavy atom. The van der Waals surface area contributed by atoms with Gasteiger partial charge in [0.15, 0.2) is 5.82 Å². The molecule has 0 aromatic carbocycles. The van der Waals surface area contributed by atoms with E-state index in [1.807, 2.05) is 0 Å². The van der Waals surface area contributed by atoms with Crippen molar-refractivity contribution in [1.82, 2.24) is 20.2 Å². The molecular weight excluding hydrogens is 232 g/mol. The molecule has 0 fully saturated rings. The maximum absolute atomic E-state index is 11.6. The predicted octanol–water partition coefficient (Wildman–Crippen LogP) is -0.861. The van der Waals surface area contributed by atoms with Crippen molar-refractivity contribution in [3.63, 3.8) is 0 Å². The molecule has 8 heteroatoms. The van der Waals surface area contributed by atoms with E-state index in [2.05, 4.69) is 24.7 Å². The van der Waals surface area contributed by atoms with Crippen LogP contribution in [0.2, 0.25) is 0 Å². The molecule has 16 heavy (non-hydrogen) atoms. The van der Waals surface area contributed by atoms with Gasteiger partial charge in [-0.05, 0) is 14.0 Å². The van der Waals surface area contributed by atoms with E-state index >= 15 is 0 Å². The molecular formula is C8H16N4O3S. The number of hydrogen-bond acceptors (Lipinski definition) is 6. The van der Waals surface area contributed by atoms with Crippen LogP contribution in [-0.4, -0.2) is 43.9 Å². The fraction of sp³-hybridized carbons (Fsp3) is 0.750. The molecule has 1 aromatic heterocycles. The number of hydrogen-bond donors (Lipinski definition) is 2. The van der Waals surface area contributed by atoms with E-state index in [1.165, 1.54) is 6.39 Å². The van der Waals surface area contributed by atoms with E-state index in [0.29, 0.717) is 18.8 Å². The van der Waals surface area contributed by atoms with Crippen LogP contribution < -0.4 is 10.0 Å². The van der Waals surface area contributed by atoms with Gasteiger partial charge in [0.25, 0.3) is 0 Å². The molecule has 0 aliphatic carbocycles. The molecule has 0 spiro atoms. The topological polar surface area (TPSA) is 97.1 Å². The van der Waals surface area contributed by atoms with Gasteiger partial charge >= 0.3 is 0 Å². The van der Waals surface area contributed by atoms with Crippen LogP contribution in [0.15, 0.2) is 10.9 Å². The molecule has 1 aromatic rings. The summed E-state index contributed by atoms with van der Waals surface area (Å²) in [6.45, 7) is 2.33. The highest BCUT2D eigenvalue weighted by atomic mass is 32.2. The molecule has 1 unspecified atom stereocenters. The molecule has 7 nitrogen and oxygen atoms in total. The van der Waals surface area contributed by atoms with Gasteiger partial charge in [0, 0.05) is 19.5 Å². The van der Waals surface area contributed by atoms with Crippen molar-refractivity contribution in [2.24, 2.45) is 0 Å². The lowest BCUT2D eigenvalue weighted by atomic mass is 10.4. The van der Waals surface area contributed by atoms with E-state index < -0.39 is 15.3 Å². The number of sulfonamides is 1. The highest BCUT2D eigenvalue weighted by Gasteiger charge is 2.19. The number of aromatic nitrogens is 2. The van der Waals surface area contributed by atoms with Crippen molar-refractivity contribution >= 4 is 10.0 Å². The summed E-state index contributed by atoms with van der Waals surface area (Å²) in [6.07, 6.45) is 1.63. The van der Waals surface area contributed by atoms with E-state index in [1.54, 1.807) is 14.0 Å². The summed E-state index contributed by atoms with van der Waals surface area (Å²) in [5.41, 5.74) is 0. The molecule has 92 valence electrons. The second-order valence-corrected chi connectivity index (χ2v) is 5.59. The second kappa shape index (κ2) is 5.92. The molecule has 0 saturated carbocycles. The molecule has 0 amide bonds. The van der Waals surface area contributed by atoms with Gasteiger partial charge in [-0.3, -0.25) is 0 Å². The molecule has 1 rings (SSSR count). The van der Waals surface area contributed by atoms with E-state index in [4.69, 9.17) is 0 Å². The van der Waals surface area contributed by atoms with Gasteiger partial charge in [0.1, 0.15) is 0 Å². The van der Waals surface area contributed by atoms with Crippen LogP contribution in [0.4, 0.5) is 0 Å². The molecule has 1 atom stereocenters. The first kappa shape index (κ1) is 13.1. The van der Waals surface area contributed by atoms with Crippen molar-refractivity contribution in [1.29, 1.82) is 0 Å². The zero-order valence-electron chi connectivity index (χ0n) is 9.30. The van der Waals surface area contributed by atoms with Crippen molar-refractivity contribution < 1.29 is 12.9 Å². The zero-order valence-corrected chi connectivity index (χ0v) is 10.1. The van der Waals surface area contributed by atoms with E-state index in [-0.39, 0.29) is 6.54 Å². The maximum atomic E-state index is 11.6. The molecule has 0 aliphatic rings. The van der Waals surface area contributed by atoms with Crippen molar-refractivity contribution in [2.45, 2.75) is 18.6 Å². The van der Waals surface area contributed by atoms with Crippen LogP contribution in [0.1, 0.15) is 12.7 Å². The quantitative estimate of drug-likeness (QED) is 0.651. The number of nitrogens with one attached hydrogen (secondary N) is 2. The van der Waals surface area contributed by atoms with Gasteiger partial charge in [-0.25, -0.2) is 13.1 Å². The van der Waals surface area contributed by atoms with Crippen LogP contribution in [0.25, 0.3) is 0 Å². The number of nitrogens with zero attached hydrogens (tertiary/aromatic N) is 2. The Balaban J connectivity index is 2.36. The van der Waals surface area contributed by atoms with Crippen LogP contribution in [0.3, 0.4) is 0 Å². The fourth-order valence-corrected chi connectivity index (χ4v) is 2.20. The zero-order chi connectivity index (χ0) is 12.0. The highest BCUT2D eigenvalue weighted by Crippen LogP contribution is 1.97. The lowest BCUT2D eigenvalue weighted by molar-refractivity contribution is 0.409. The van der Waals surface area contributed by atoms with Gasteiger partial charge in [0.05, 0.1) is 5.25 Å². The maximum Gasteiger partial charge on any atom is 0.215 e.